The fraction of sp³-hybridized carbons (Fsp3) is 0.316. The van der Waals surface area contributed by atoms with Crippen LogP contribution in [0.4, 0.5) is 11.4 Å². The normalized spacial score (nSPS) is 15.0. The number of anilines is 2. The molecule has 0 aromatic heterocycles. The summed E-state index contributed by atoms with van der Waals surface area (Å²) in [6.45, 7) is 2.12. The van der Waals surface area contributed by atoms with Crippen molar-refractivity contribution in [3.63, 3.8) is 0 Å². The molecule has 1 saturated carbocycles. The van der Waals surface area contributed by atoms with Gasteiger partial charge in [0.25, 0.3) is 5.91 Å². The summed E-state index contributed by atoms with van der Waals surface area (Å²) in [6.07, 6.45) is 2.36. The Hall–Kier alpha value is -2.49. The summed E-state index contributed by atoms with van der Waals surface area (Å²) >= 11 is 0. The minimum absolute atomic E-state index is 0.0122. The number of methoxy groups -OCH3 is 1. The first kappa shape index (κ1) is 15.4. The molecule has 4 heteroatoms. The Labute approximate surface area is 136 Å². The van der Waals surface area contributed by atoms with Crippen LogP contribution >= 0.6 is 0 Å². The number of carbonyl (C=O) groups is 1. The van der Waals surface area contributed by atoms with E-state index >= 15 is 0 Å². The predicted molar refractivity (Wildman–Crippen MR) is 92.8 cm³/mol. The van der Waals surface area contributed by atoms with Crippen LogP contribution in [0, 0.1) is 5.92 Å². The number of hydrogen-bond donors (Lipinski definition) is 1. The third-order valence-electron chi connectivity index (χ3n) is 4.41. The second kappa shape index (κ2) is 6.32. The van der Waals surface area contributed by atoms with Gasteiger partial charge in [0.15, 0.2) is 0 Å². The number of carbonyl (C=O) groups excluding carboxylic acids is 1. The molecule has 1 aliphatic rings. The molecule has 1 fully saturated rings. The van der Waals surface area contributed by atoms with Crippen molar-refractivity contribution in [3.8, 4) is 5.75 Å². The largest absolute Gasteiger partial charge is 0.497 e. The van der Waals surface area contributed by atoms with Crippen molar-refractivity contribution < 1.29 is 9.53 Å². The van der Waals surface area contributed by atoms with Gasteiger partial charge in [-0.3, -0.25) is 4.79 Å². The standard InChI is InChI=1S/C19H22N2O2/c1-13(14-6-7-14)21(17-8-10-18(23-2)11-9-17)19(22)15-4-3-5-16(20)12-15/h3-5,8-14H,6-7,20H2,1-2H3/t13-/m1/s1. The lowest BCUT2D eigenvalue weighted by Crippen LogP contribution is -2.40. The Balaban J connectivity index is 1.95. The van der Waals surface area contributed by atoms with E-state index in [1.165, 1.54) is 12.8 Å². The summed E-state index contributed by atoms with van der Waals surface area (Å²) in [5.74, 6) is 1.34. The molecular weight excluding hydrogens is 288 g/mol. The number of nitrogens with zero attached hydrogens (tertiary/aromatic N) is 1. The van der Waals surface area contributed by atoms with E-state index in [9.17, 15) is 4.79 Å². The molecule has 0 saturated heterocycles. The molecule has 0 bridgehead atoms. The van der Waals surface area contributed by atoms with Gasteiger partial charge in [-0.2, -0.15) is 0 Å². The van der Waals surface area contributed by atoms with Crippen molar-refractivity contribution in [2.45, 2.75) is 25.8 Å². The van der Waals surface area contributed by atoms with Gasteiger partial charge >= 0.3 is 0 Å². The van der Waals surface area contributed by atoms with Crippen molar-refractivity contribution >= 4 is 17.3 Å². The predicted octanol–water partition coefficient (Wildman–Crippen LogP) is 3.72. The van der Waals surface area contributed by atoms with Crippen LogP contribution in [0.5, 0.6) is 5.75 Å². The minimum atomic E-state index is -0.0122. The van der Waals surface area contributed by atoms with E-state index < -0.39 is 0 Å². The molecule has 2 aromatic carbocycles. The summed E-state index contributed by atoms with van der Waals surface area (Å²) in [4.78, 5) is 14.9. The zero-order valence-electron chi connectivity index (χ0n) is 13.5. The van der Waals surface area contributed by atoms with Gasteiger partial charge in [0.1, 0.15) is 5.75 Å². The third kappa shape index (κ3) is 3.31. The molecule has 1 amide bonds. The summed E-state index contributed by atoms with van der Waals surface area (Å²) in [5, 5.41) is 0. The van der Waals surface area contributed by atoms with E-state index in [0.29, 0.717) is 17.2 Å². The Kier molecular flexibility index (Phi) is 4.24. The van der Waals surface area contributed by atoms with Gasteiger partial charge in [-0.1, -0.05) is 6.07 Å². The zero-order chi connectivity index (χ0) is 16.4. The van der Waals surface area contributed by atoms with E-state index in [1.807, 2.05) is 41.3 Å². The highest BCUT2D eigenvalue weighted by Gasteiger charge is 2.35. The molecule has 0 spiro atoms. The van der Waals surface area contributed by atoms with Gasteiger partial charge in [0, 0.05) is 23.0 Å². The van der Waals surface area contributed by atoms with Crippen molar-refractivity contribution in [2.75, 3.05) is 17.7 Å². The van der Waals surface area contributed by atoms with E-state index in [-0.39, 0.29) is 11.9 Å². The first-order valence-corrected chi connectivity index (χ1v) is 7.93. The van der Waals surface area contributed by atoms with Gasteiger partial charge in [0.2, 0.25) is 0 Å². The number of benzene rings is 2. The third-order valence-corrected chi connectivity index (χ3v) is 4.41. The van der Waals surface area contributed by atoms with Crippen molar-refractivity contribution in [1.82, 2.24) is 0 Å². The maximum absolute atomic E-state index is 13.1. The average Bonchev–Trinajstić information content (AvgIpc) is 3.40. The SMILES string of the molecule is COc1ccc(N(C(=O)c2cccc(N)c2)[C@H](C)C2CC2)cc1. The molecule has 0 aliphatic heterocycles. The number of ether oxygens (including phenoxy) is 1. The van der Waals surface area contributed by atoms with Crippen LogP contribution < -0.4 is 15.4 Å². The summed E-state index contributed by atoms with van der Waals surface area (Å²) in [6, 6.07) is 15.0. The molecule has 3 rings (SSSR count). The highest BCUT2D eigenvalue weighted by Crippen LogP contribution is 2.38. The topological polar surface area (TPSA) is 55.6 Å². The van der Waals surface area contributed by atoms with Crippen LogP contribution in [0.15, 0.2) is 48.5 Å². The molecule has 23 heavy (non-hydrogen) atoms. The Morgan fingerprint density at radius 2 is 1.91 bits per heavy atom. The minimum Gasteiger partial charge on any atom is -0.497 e. The van der Waals surface area contributed by atoms with Gasteiger partial charge in [-0.15, -0.1) is 0 Å². The van der Waals surface area contributed by atoms with Crippen LogP contribution in [0.2, 0.25) is 0 Å². The van der Waals surface area contributed by atoms with Crippen LogP contribution in [0.3, 0.4) is 0 Å². The molecule has 4 nitrogen and oxygen atoms in total. The number of nitrogen functional groups attached to an aromatic ring is 1. The maximum Gasteiger partial charge on any atom is 0.258 e. The van der Waals surface area contributed by atoms with Crippen LogP contribution in [0.25, 0.3) is 0 Å². The van der Waals surface area contributed by atoms with Gasteiger partial charge in [0.05, 0.1) is 7.11 Å². The monoisotopic (exact) mass is 310 g/mol. The molecule has 1 aliphatic carbocycles. The van der Waals surface area contributed by atoms with Gasteiger partial charge in [-0.25, -0.2) is 0 Å². The number of rotatable bonds is 5. The second-order valence-corrected chi connectivity index (χ2v) is 6.08. The van der Waals surface area contributed by atoms with Gasteiger partial charge < -0.3 is 15.4 Å². The lowest BCUT2D eigenvalue weighted by Gasteiger charge is -2.30. The van der Waals surface area contributed by atoms with E-state index in [4.69, 9.17) is 10.5 Å². The van der Waals surface area contributed by atoms with Gasteiger partial charge in [-0.05, 0) is 68.1 Å². The Morgan fingerprint density at radius 1 is 1.22 bits per heavy atom. The smallest absolute Gasteiger partial charge is 0.258 e. The van der Waals surface area contributed by atoms with Crippen molar-refractivity contribution in [3.05, 3.63) is 54.1 Å². The molecule has 0 heterocycles. The van der Waals surface area contributed by atoms with Crippen molar-refractivity contribution in [2.24, 2.45) is 5.92 Å². The quantitative estimate of drug-likeness (QED) is 0.856. The summed E-state index contributed by atoms with van der Waals surface area (Å²) in [7, 11) is 1.64. The summed E-state index contributed by atoms with van der Waals surface area (Å²) < 4.78 is 5.21. The lowest BCUT2D eigenvalue weighted by molar-refractivity contribution is 0.0975. The van der Waals surface area contributed by atoms with Crippen LogP contribution in [-0.2, 0) is 0 Å². The highest BCUT2D eigenvalue weighted by atomic mass is 16.5. The molecule has 1 atom stereocenters. The maximum atomic E-state index is 13.1. The van der Waals surface area contributed by atoms with E-state index in [0.717, 1.165) is 11.4 Å². The zero-order valence-corrected chi connectivity index (χ0v) is 13.5. The Morgan fingerprint density at radius 3 is 2.48 bits per heavy atom. The molecule has 120 valence electrons. The second-order valence-electron chi connectivity index (χ2n) is 6.08. The molecule has 0 radical (unpaired) electrons. The Bertz CT molecular complexity index is 693. The summed E-state index contributed by atoms with van der Waals surface area (Å²) in [5.41, 5.74) is 7.94. The molecule has 2 aromatic rings. The average molecular weight is 310 g/mol. The lowest BCUT2D eigenvalue weighted by atomic mass is 10.1. The van der Waals surface area contributed by atoms with Crippen molar-refractivity contribution in [1.29, 1.82) is 0 Å². The van der Waals surface area contributed by atoms with Crippen LogP contribution in [-0.4, -0.2) is 19.1 Å². The van der Waals surface area contributed by atoms with E-state index in [1.54, 1.807) is 19.2 Å². The molecule has 0 unspecified atom stereocenters. The van der Waals surface area contributed by atoms with Crippen LogP contribution in [0.1, 0.15) is 30.1 Å². The number of amides is 1. The van der Waals surface area contributed by atoms with E-state index in [2.05, 4.69) is 6.92 Å². The number of hydrogen-bond acceptors (Lipinski definition) is 3. The molecule has 2 N–H and O–H groups in total. The molecular formula is C19H22N2O2. The fourth-order valence-electron chi connectivity index (χ4n) is 2.88. The first-order valence-electron chi connectivity index (χ1n) is 7.93. The first-order chi connectivity index (χ1) is 11.1. The number of nitrogens with two attached hydrogens (primary N) is 1. The highest BCUT2D eigenvalue weighted by molar-refractivity contribution is 6.07. The fourth-order valence-corrected chi connectivity index (χ4v) is 2.88.